The number of alkyl halides is 6. The van der Waals surface area contributed by atoms with Crippen LogP contribution in [-0.4, -0.2) is 83.7 Å². The fourth-order valence-electron chi connectivity index (χ4n) is 6.77. The Hall–Kier alpha value is -4.04. The van der Waals surface area contributed by atoms with Crippen molar-refractivity contribution in [3.05, 3.63) is 65.0 Å². The number of nitrogens with zero attached hydrogens (tertiary/aromatic N) is 4. The molecule has 2 fully saturated rings. The zero-order valence-electron chi connectivity index (χ0n) is 27.9. The number of rotatable bonds is 6. The third kappa shape index (κ3) is 8.96. The summed E-state index contributed by atoms with van der Waals surface area (Å²) in [4.78, 5) is 44.4. The number of likely N-dealkylation sites (tertiary alicyclic amines) is 1. The Balaban J connectivity index is 1.56. The smallest absolute Gasteiger partial charge is 0.416 e. The molecule has 49 heavy (non-hydrogen) atoms. The van der Waals surface area contributed by atoms with E-state index in [4.69, 9.17) is 0 Å². The van der Waals surface area contributed by atoms with Gasteiger partial charge in [0.1, 0.15) is 5.82 Å². The van der Waals surface area contributed by atoms with Crippen LogP contribution in [0, 0.1) is 17.2 Å². The standard InChI is InChI=1S/C34H41F7N4O4/c1-32(2,3)19-45(31(48)49)25-12-8-21(9-13-25)29(46)44-17-27(20-6-10-24(35)11-7-20)28(18-44)43(5)30(47)42(4)26-15-22(33(36,37)38)14-23(16-26)34(39,40)41/h6-7,10-11,14-16,21,25,27-28H,8-9,12-13,17-19H2,1-5H3,(H,48,49)/t21?,25?,27-,28+/m0/s1. The lowest BCUT2D eigenvalue weighted by Crippen LogP contribution is -2.48. The molecule has 1 N–H and O–H groups in total. The molecule has 1 saturated heterocycles. The van der Waals surface area contributed by atoms with Crippen LogP contribution in [0.25, 0.3) is 0 Å². The van der Waals surface area contributed by atoms with E-state index in [1.807, 2.05) is 20.8 Å². The van der Waals surface area contributed by atoms with Gasteiger partial charge in [0.05, 0.1) is 17.2 Å². The number of amides is 4. The summed E-state index contributed by atoms with van der Waals surface area (Å²) in [7, 11) is 2.42. The number of likely N-dealkylation sites (N-methyl/N-ethyl adjacent to an activating group) is 1. The largest absolute Gasteiger partial charge is 0.465 e. The van der Waals surface area contributed by atoms with Crippen molar-refractivity contribution in [3.8, 4) is 0 Å². The predicted octanol–water partition coefficient (Wildman–Crippen LogP) is 7.93. The SMILES string of the molecule is CN(C(=O)N(C)[C@@H]1CN(C(=O)C2CCC(N(CC(C)(C)C)C(=O)O)CC2)C[C@H]1c1ccc(F)cc1)c1cc(C(F)(F)F)cc(C(F)(F)F)c1. The van der Waals surface area contributed by atoms with Crippen LogP contribution < -0.4 is 4.90 Å². The van der Waals surface area contributed by atoms with E-state index >= 15 is 0 Å². The number of carboxylic acid groups (broad SMARTS) is 1. The van der Waals surface area contributed by atoms with Gasteiger partial charge in [0.25, 0.3) is 0 Å². The molecule has 4 amide bonds. The van der Waals surface area contributed by atoms with Crippen LogP contribution in [0.3, 0.4) is 0 Å². The maximum absolute atomic E-state index is 13.8. The van der Waals surface area contributed by atoms with Gasteiger partial charge in [-0.2, -0.15) is 26.3 Å². The Morgan fingerprint density at radius 2 is 1.37 bits per heavy atom. The van der Waals surface area contributed by atoms with Crippen LogP contribution >= 0.6 is 0 Å². The van der Waals surface area contributed by atoms with Crippen molar-refractivity contribution in [1.29, 1.82) is 0 Å². The summed E-state index contributed by atoms with van der Waals surface area (Å²) >= 11 is 0. The molecule has 0 unspecified atom stereocenters. The molecule has 1 saturated carbocycles. The highest BCUT2D eigenvalue weighted by Crippen LogP contribution is 2.40. The van der Waals surface area contributed by atoms with E-state index in [1.54, 1.807) is 4.90 Å². The van der Waals surface area contributed by atoms with Crippen LogP contribution in [0.5, 0.6) is 0 Å². The maximum atomic E-state index is 13.8. The Morgan fingerprint density at radius 3 is 1.84 bits per heavy atom. The highest BCUT2D eigenvalue weighted by atomic mass is 19.4. The van der Waals surface area contributed by atoms with E-state index in [0.717, 1.165) is 7.05 Å². The average molecular weight is 703 g/mol. The maximum Gasteiger partial charge on any atom is 0.416 e. The van der Waals surface area contributed by atoms with Gasteiger partial charge in [0.15, 0.2) is 0 Å². The van der Waals surface area contributed by atoms with Crippen LogP contribution in [0.4, 0.5) is 46.0 Å². The first-order chi connectivity index (χ1) is 22.6. The predicted molar refractivity (Wildman–Crippen MR) is 167 cm³/mol. The summed E-state index contributed by atoms with van der Waals surface area (Å²) in [6.07, 6.45) is -9.39. The van der Waals surface area contributed by atoms with E-state index in [1.165, 1.54) is 41.1 Å². The first-order valence-electron chi connectivity index (χ1n) is 15.9. The number of hydrogen-bond donors (Lipinski definition) is 1. The summed E-state index contributed by atoms with van der Waals surface area (Å²) in [5, 5.41) is 9.82. The zero-order chi connectivity index (χ0) is 36.6. The number of carbonyl (C=O) groups is 3. The van der Waals surface area contributed by atoms with E-state index in [2.05, 4.69) is 0 Å². The molecular formula is C34H41F7N4O4. The van der Waals surface area contributed by atoms with Gasteiger partial charge in [0.2, 0.25) is 5.91 Å². The lowest BCUT2D eigenvalue weighted by molar-refractivity contribution is -0.143. The fourth-order valence-corrected chi connectivity index (χ4v) is 6.77. The van der Waals surface area contributed by atoms with Crippen molar-refractivity contribution >= 4 is 23.7 Å². The van der Waals surface area contributed by atoms with Gasteiger partial charge >= 0.3 is 24.5 Å². The van der Waals surface area contributed by atoms with E-state index in [-0.39, 0.29) is 36.5 Å². The number of urea groups is 1. The van der Waals surface area contributed by atoms with Crippen LogP contribution in [-0.2, 0) is 17.1 Å². The molecule has 0 spiro atoms. The molecule has 2 atom stereocenters. The Morgan fingerprint density at radius 1 is 0.837 bits per heavy atom. The molecule has 15 heteroatoms. The summed E-state index contributed by atoms with van der Waals surface area (Å²) < 4.78 is 95.0. The van der Waals surface area contributed by atoms with Gasteiger partial charge in [-0.25, -0.2) is 14.0 Å². The molecular weight excluding hydrogens is 661 g/mol. The van der Waals surface area contributed by atoms with Crippen molar-refractivity contribution < 1.29 is 50.2 Å². The van der Waals surface area contributed by atoms with E-state index in [9.17, 15) is 50.2 Å². The lowest BCUT2D eigenvalue weighted by Gasteiger charge is -2.38. The van der Waals surface area contributed by atoms with E-state index in [0.29, 0.717) is 54.8 Å². The second kappa shape index (κ2) is 14.1. The minimum absolute atomic E-state index is 0.0125. The molecule has 1 aliphatic heterocycles. The molecule has 270 valence electrons. The molecule has 1 heterocycles. The minimum Gasteiger partial charge on any atom is -0.465 e. The molecule has 0 radical (unpaired) electrons. The highest BCUT2D eigenvalue weighted by Gasteiger charge is 2.44. The van der Waals surface area contributed by atoms with Gasteiger partial charge in [-0.1, -0.05) is 32.9 Å². The third-order valence-corrected chi connectivity index (χ3v) is 9.32. The van der Waals surface area contributed by atoms with Gasteiger partial charge in [-0.3, -0.25) is 9.69 Å². The third-order valence-electron chi connectivity index (χ3n) is 9.32. The Bertz CT molecular complexity index is 1480. The van der Waals surface area contributed by atoms with Gasteiger partial charge in [-0.05, 0) is 67.0 Å². The van der Waals surface area contributed by atoms with Crippen molar-refractivity contribution in [2.75, 3.05) is 38.6 Å². The summed E-state index contributed by atoms with van der Waals surface area (Å²) in [5.74, 6) is -1.68. The number of halogens is 7. The lowest BCUT2D eigenvalue weighted by atomic mass is 9.83. The topological polar surface area (TPSA) is 84.4 Å². The minimum atomic E-state index is -5.11. The molecule has 8 nitrogen and oxygen atoms in total. The Labute approximate surface area is 280 Å². The van der Waals surface area contributed by atoms with Crippen molar-refractivity contribution in [2.45, 2.75) is 76.8 Å². The highest BCUT2D eigenvalue weighted by molar-refractivity contribution is 5.92. The number of carbonyl (C=O) groups excluding carboxylic acids is 2. The molecule has 2 aromatic rings. The van der Waals surface area contributed by atoms with Gasteiger partial charge < -0.3 is 19.8 Å². The first-order valence-corrected chi connectivity index (χ1v) is 15.9. The molecule has 0 bridgehead atoms. The monoisotopic (exact) mass is 702 g/mol. The van der Waals surface area contributed by atoms with Crippen LogP contribution in [0.15, 0.2) is 42.5 Å². The van der Waals surface area contributed by atoms with Gasteiger partial charge in [-0.15, -0.1) is 0 Å². The molecule has 2 aromatic carbocycles. The fraction of sp³-hybridized carbons (Fsp3) is 0.559. The number of hydrogen-bond acceptors (Lipinski definition) is 3. The first kappa shape index (κ1) is 37.8. The van der Waals surface area contributed by atoms with Gasteiger partial charge in [0, 0.05) is 57.3 Å². The van der Waals surface area contributed by atoms with Crippen molar-refractivity contribution in [3.63, 3.8) is 0 Å². The zero-order valence-corrected chi connectivity index (χ0v) is 27.9. The van der Waals surface area contributed by atoms with Crippen LogP contribution in [0.1, 0.15) is 69.1 Å². The van der Waals surface area contributed by atoms with Crippen molar-refractivity contribution in [2.24, 2.45) is 11.3 Å². The quantitative estimate of drug-likeness (QED) is 0.310. The second-order valence-corrected chi connectivity index (χ2v) is 14.2. The number of anilines is 1. The molecule has 2 aliphatic rings. The van der Waals surface area contributed by atoms with Crippen molar-refractivity contribution in [1.82, 2.24) is 14.7 Å². The van der Waals surface area contributed by atoms with Crippen LogP contribution in [0.2, 0.25) is 0 Å². The molecule has 4 rings (SSSR count). The average Bonchev–Trinajstić information content (AvgIpc) is 3.46. The molecule has 1 aliphatic carbocycles. The summed E-state index contributed by atoms with van der Waals surface area (Å²) in [5.41, 5.74) is -3.43. The summed E-state index contributed by atoms with van der Waals surface area (Å²) in [6.45, 7) is 6.31. The van der Waals surface area contributed by atoms with E-state index < -0.39 is 65.0 Å². The Kier molecular flexibility index (Phi) is 10.8. The second-order valence-electron chi connectivity index (χ2n) is 14.2. The molecule has 0 aromatic heterocycles. The number of benzene rings is 2. The summed E-state index contributed by atoms with van der Waals surface area (Å²) in [6, 6.07) is 4.45. The normalized spacial score (nSPS) is 21.8.